The van der Waals surface area contributed by atoms with Gasteiger partial charge in [-0.2, -0.15) is 0 Å². The largest absolute Gasteiger partial charge is 0.494 e. The molecule has 0 bridgehead atoms. The number of nitrogens with zero attached hydrogens (tertiary/aromatic N) is 1. The van der Waals surface area contributed by atoms with Gasteiger partial charge in [0, 0.05) is 5.56 Å². The number of rotatable bonds is 11. The van der Waals surface area contributed by atoms with Gasteiger partial charge in [0.05, 0.1) is 34.3 Å². The zero-order valence-electron chi connectivity index (χ0n) is 14.7. The summed E-state index contributed by atoms with van der Waals surface area (Å²) in [6.07, 6.45) is 7.61. The monoisotopic (exact) mass is 306 g/mol. The molecule has 1 aromatic rings. The zero-order valence-corrected chi connectivity index (χ0v) is 14.7. The van der Waals surface area contributed by atoms with Crippen LogP contribution in [-0.2, 0) is 0 Å². The van der Waals surface area contributed by atoms with Crippen molar-refractivity contribution in [2.75, 3.05) is 34.3 Å². The Labute approximate surface area is 135 Å². The first-order valence-corrected chi connectivity index (χ1v) is 8.43. The summed E-state index contributed by atoms with van der Waals surface area (Å²) in [5, 5.41) is 0. The number of hydrogen-bond donors (Lipinski definition) is 0. The van der Waals surface area contributed by atoms with Crippen LogP contribution in [0.5, 0.6) is 5.75 Å². The van der Waals surface area contributed by atoms with Crippen LogP contribution in [0.25, 0.3) is 0 Å². The number of carbonyl (C=O) groups excluding carboxylic acids is 1. The Hall–Kier alpha value is -1.35. The van der Waals surface area contributed by atoms with E-state index in [0.717, 1.165) is 28.8 Å². The molecule has 3 heteroatoms. The molecule has 0 N–H and O–H groups in total. The molecule has 0 aliphatic carbocycles. The Kier molecular flexibility index (Phi) is 8.18. The molecule has 0 saturated carbocycles. The molecule has 124 valence electrons. The maximum absolute atomic E-state index is 11.2. The van der Waals surface area contributed by atoms with Crippen molar-refractivity contribution in [2.24, 2.45) is 0 Å². The van der Waals surface area contributed by atoms with Gasteiger partial charge in [0.25, 0.3) is 0 Å². The fraction of sp³-hybridized carbons (Fsp3) is 0.632. The third-order valence-electron chi connectivity index (χ3n) is 3.75. The number of quaternary nitrogens is 1. The highest BCUT2D eigenvalue weighted by atomic mass is 16.5. The highest BCUT2D eigenvalue weighted by Gasteiger charge is 2.05. The summed E-state index contributed by atoms with van der Waals surface area (Å²) in [5.41, 5.74) is 0.737. The topological polar surface area (TPSA) is 26.3 Å². The van der Waals surface area contributed by atoms with E-state index in [1.54, 1.807) is 6.92 Å². The van der Waals surface area contributed by atoms with Gasteiger partial charge in [-0.05, 0) is 50.5 Å². The van der Waals surface area contributed by atoms with Gasteiger partial charge in [0.2, 0.25) is 0 Å². The summed E-state index contributed by atoms with van der Waals surface area (Å²) in [5.74, 6) is 0.949. The normalized spacial score (nSPS) is 11.5. The predicted octanol–water partition coefficient (Wildman–Crippen LogP) is 4.31. The van der Waals surface area contributed by atoms with Crippen molar-refractivity contribution in [3.05, 3.63) is 29.8 Å². The molecule has 1 aromatic carbocycles. The van der Waals surface area contributed by atoms with E-state index in [4.69, 9.17) is 4.74 Å². The molecule has 0 unspecified atom stereocenters. The molecule has 0 radical (unpaired) electrons. The van der Waals surface area contributed by atoms with E-state index in [1.807, 2.05) is 24.3 Å². The van der Waals surface area contributed by atoms with Crippen LogP contribution in [0, 0.1) is 0 Å². The fourth-order valence-electron chi connectivity index (χ4n) is 2.37. The molecule has 0 spiro atoms. The lowest BCUT2D eigenvalue weighted by molar-refractivity contribution is -0.870. The fourth-order valence-corrected chi connectivity index (χ4v) is 2.37. The minimum atomic E-state index is 0.0943. The van der Waals surface area contributed by atoms with Crippen molar-refractivity contribution in [1.29, 1.82) is 0 Å². The van der Waals surface area contributed by atoms with Crippen molar-refractivity contribution in [1.82, 2.24) is 0 Å². The third-order valence-corrected chi connectivity index (χ3v) is 3.75. The van der Waals surface area contributed by atoms with Crippen LogP contribution in [0.15, 0.2) is 24.3 Å². The molecule has 0 aliphatic heterocycles. The summed E-state index contributed by atoms with van der Waals surface area (Å²) in [7, 11) is 6.75. The van der Waals surface area contributed by atoms with E-state index in [-0.39, 0.29) is 5.78 Å². The average Bonchev–Trinajstić information content (AvgIpc) is 2.45. The van der Waals surface area contributed by atoms with E-state index in [2.05, 4.69) is 21.1 Å². The highest BCUT2D eigenvalue weighted by molar-refractivity contribution is 5.94. The molecular formula is C19H32NO2+. The Bertz CT molecular complexity index is 432. The number of ketones is 1. The molecule has 22 heavy (non-hydrogen) atoms. The van der Waals surface area contributed by atoms with Gasteiger partial charge >= 0.3 is 0 Å². The second-order valence-electron chi connectivity index (χ2n) is 7.06. The van der Waals surface area contributed by atoms with Crippen LogP contribution in [0.2, 0.25) is 0 Å². The van der Waals surface area contributed by atoms with Crippen molar-refractivity contribution < 1.29 is 14.0 Å². The summed E-state index contributed by atoms with van der Waals surface area (Å²) in [6, 6.07) is 7.40. The Morgan fingerprint density at radius 2 is 1.45 bits per heavy atom. The van der Waals surface area contributed by atoms with E-state index in [0.29, 0.717) is 0 Å². The molecule has 0 fully saturated rings. The minimum absolute atomic E-state index is 0.0943. The van der Waals surface area contributed by atoms with Gasteiger partial charge in [0.15, 0.2) is 5.78 Å². The number of Topliss-reactive ketones (excluding diaryl/α,β-unsaturated/α-hetero) is 1. The molecule has 0 atom stereocenters. The van der Waals surface area contributed by atoms with E-state index >= 15 is 0 Å². The molecule has 0 saturated heterocycles. The van der Waals surface area contributed by atoms with Gasteiger partial charge in [-0.15, -0.1) is 0 Å². The Balaban J connectivity index is 2.00. The smallest absolute Gasteiger partial charge is 0.159 e. The van der Waals surface area contributed by atoms with Gasteiger partial charge in [-0.25, -0.2) is 0 Å². The molecule has 1 rings (SSSR count). The number of benzene rings is 1. The SMILES string of the molecule is CC(=O)c1ccc(OCCCCCCCC[N+](C)(C)C)cc1. The lowest BCUT2D eigenvalue weighted by Gasteiger charge is -2.23. The van der Waals surface area contributed by atoms with Crippen LogP contribution in [0.1, 0.15) is 55.8 Å². The summed E-state index contributed by atoms with van der Waals surface area (Å²) >= 11 is 0. The molecule has 0 aromatic heterocycles. The average molecular weight is 306 g/mol. The Morgan fingerprint density at radius 1 is 0.909 bits per heavy atom. The van der Waals surface area contributed by atoms with E-state index < -0.39 is 0 Å². The lowest BCUT2D eigenvalue weighted by Crippen LogP contribution is -2.35. The summed E-state index contributed by atoms with van der Waals surface area (Å²) < 4.78 is 6.77. The predicted molar refractivity (Wildman–Crippen MR) is 92.5 cm³/mol. The van der Waals surface area contributed by atoms with Gasteiger partial charge in [0.1, 0.15) is 5.75 Å². The van der Waals surface area contributed by atoms with Crippen molar-refractivity contribution in [3.8, 4) is 5.75 Å². The maximum Gasteiger partial charge on any atom is 0.159 e. The van der Waals surface area contributed by atoms with Crippen LogP contribution in [0.3, 0.4) is 0 Å². The third kappa shape index (κ3) is 8.83. The van der Waals surface area contributed by atoms with Gasteiger partial charge < -0.3 is 9.22 Å². The highest BCUT2D eigenvalue weighted by Crippen LogP contribution is 2.14. The van der Waals surface area contributed by atoms with Crippen LogP contribution >= 0.6 is 0 Å². The summed E-state index contributed by atoms with van der Waals surface area (Å²) in [6.45, 7) is 3.61. The molecule has 0 heterocycles. The number of ether oxygens (including phenoxy) is 1. The van der Waals surface area contributed by atoms with Gasteiger partial charge in [-0.3, -0.25) is 4.79 Å². The van der Waals surface area contributed by atoms with Gasteiger partial charge in [-0.1, -0.05) is 19.3 Å². The first-order chi connectivity index (χ1) is 10.4. The second kappa shape index (κ2) is 9.62. The molecule has 0 amide bonds. The first kappa shape index (κ1) is 18.7. The molecular weight excluding hydrogens is 274 g/mol. The van der Waals surface area contributed by atoms with E-state index in [1.165, 1.54) is 38.6 Å². The van der Waals surface area contributed by atoms with Crippen LogP contribution in [0.4, 0.5) is 0 Å². The first-order valence-electron chi connectivity index (χ1n) is 8.43. The number of hydrogen-bond acceptors (Lipinski definition) is 2. The number of unbranched alkanes of at least 4 members (excludes halogenated alkanes) is 5. The quantitative estimate of drug-likeness (QED) is 0.346. The maximum atomic E-state index is 11.2. The minimum Gasteiger partial charge on any atom is -0.494 e. The molecule has 0 aliphatic rings. The van der Waals surface area contributed by atoms with Crippen LogP contribution < -0.4 is 4.74 Å². The second-order valence-corrected chi connectivity index (χ2v) is 7.06. The number of carbonyl (C=O) groups is 1. The molecule has 3 nitrogen and oxygen atoms in total. The lowest BCUT2D eigenvalue weighted by atomic mass is 10.1. The zero-order chi connectivity index (χ0) is 16.4. The summed E-state index contributed by atoms with van der Waals surface area (Å²) in [4.78, 5) is 11.2. The van der Waals surface area contributed by atoms with E-state index in [9.17, 15) is 4.79 Å². The Morgan fingerprint density at radius 3 is 2.00 bits per heavy atom. The van der Waals surface area contributed by atoms with Crippen molar-refractivity contribution in [2.45, 2.75) is 45.4 Å². The van der Waals surface area contributed by atoms with Crippen molar-refractivity contribution >= 4 is 5.78 Å². The van der Waals surface area contributed by atoms with Crippen LogP contribution in [-0.4, -0.2) is 44.6 Å². The van der Waals surface area contributed by atoms with Crippen molar-refractivity contribution in [3.63, 3.8) is 0 Å². The standard InChI is InChI=1S/C19H32NO2/c1-17(21)18-11-13-19(14-12-18)22-16-10-8-6-5-7-9-15-20(2,3)4/h11-14H,5-10,15-16H2,1-4H3/q+1.